The summed E-state index contributed by atoms with van der Waals surface area (Å²) in [4.78, 5) is 61.7. The second kappa shape index (κ2) is 14.9. The van der Waals surface area contributed by atoms with Gasteiger partial charge in [0.25, 0.3) is 0 Å². The van der Waals surface area contributed by atoms with Crippen LogP contribution < -0.4 is 14.2 Å². The van der Waals surface area contributed by atoms with Gasteiger partial charge in [0, 0.05) is 24.4 Å². The zero-order valence-corrected chi connectivity index (χ0v) is 31.5. The molecule has 0 bridgehead atoms. The third-order valence-corrected chi connectivity index (χ3v) is 12.1. The van der Waals surface area contributed by atoms with E-state index in [1.165, 1.54) is 4.90 Å². The van der Waals surface area contributed by atoms with Crippen LogP contribution in [0, 0.1) is 22.7 Å². The minimum atomic E-state index is -4.34. The number of methoxy groups -OCH3 is 1. The number of hydrogen-bond acceptors (Lipinski definition) is 11. The quantitative estimate of drug-likeness (QED) is 0.243. The van der Waals surface area contributed by atoms with Gasteiger partial charge in [-0.1, -0.05) is 34.1 Å². The summed E-state index contributed by atoms with van der Waals surface area (Å²) in [7, 11) is -2.76. The van der Waals surface area contributed by atoms with E-state index in [1.807, 2.05) is 45.9 Å². The number of amides is 2. The molecule has 1 aromatic carbocycles. The Bertz CT molecular complexity index is 1800. The van der Waals surface area contributed by atoms with Crippen LogP contribution in [0.25, 0.3) is 10.8 Å². The van der Waals surface area contributed by atoms with Crippen molar-refractivity contribution in [2.75, 3.05) is 13.7 Å². The van der Waals surface area contributed by atoms with Gasteiger partial charge in [0.15, 0.2) is 5.78 Å². The van der Waals surface area contributed by atoms with Gasteiger partial charge >= 0.3 is 16.3 Å². The average molecular weight is 742 g/mol. The van der Waals surface area contributed by atoms with E-state index in [2.05, 4.69) is 9.71 Å². The second-order valence-electron chi connectivity index (χ2n) is 16.0. The van der Waals surface area contributed by atoms with E-state index < -0.39 is 57.2 Å². The first kappa shape index (κ1) is 38.0. The predicted molar refractivity (Wildman–Crippen MR) is 190 cm³/mol. The zero-order chi connectivity index (χ0) is 37.4. The van der Waals surface area contributed by atoms with Crippen LogP contribution >= 0.6 is 0 Å². The van der Waals surface area contributed by atoms with Gasteiger partial charge < -0.3 is 19.1 Å². The van der Waals surface area contributed by atoms with Crippen molar-refractivity contribution in [3.05, 3.63) is 30.5 Å². The molecule has 4 aliphatic rings. The molecule has 0 unspecified atom stereocenters. The highest BCUT2D eigenvalue weighted by molar-refractivity contribution is 7.85. The number of fused-ring (bicyclic) bond motifs is 1. The lowest BCUT2D eigenvalue weighted by Crippen LogP contribution is -2.48. The van der Waals surface area contributed by atoms with Gasteiger partial charge in [-0.3, -0.25) is 23.4 Å². The number of esters is 1. The van der Waals surface area contributed by atoms with E-state index >= 15 is 0 Å². The molecule has 0 spiro atoms. The summed E-state index contributed by atoms with van der Waals surface area (Å²) < 4.78 is 49.9. The third-order valence-electron chi connectivity index (χ3n) is 11.1. The highest BCUT2D eigenvalue weighted by atomic mass is 32.2. The van der Waals surface area contributed by atoms with Crippen LogP contribution in [-0.2, 0) is 38.4 Å². The Morgan fingerprint density at radius 3 is 2.40 bits per heavy atom. The summed E-state index contributed by atoms with van der Waals surface area (Å²) in [5.74, 6) is -1.97. The molecule has 2 heterocycles. The molecule has 2 amide bonds. The minimum Gasteiger partial charge on any atom is -0.497 e. The van der Waals surface area contributed by atoms with Gasteiger partial charge in [-0.05, 0) is 85.9 Å². The maximum Gasteiger partial charge on any atom is 0.362 e. The number of hydrogen-bond donors (Lipinski definition) is 1. The van der Waals surface area contributed by atoms with Crippen LogP contribution in [-0.4, -0.2) is 79.9 Å². The molecule has 4 fully saturated rings. The lowest BCUT2D eigenvalue weighted by atomic mass is 9.77. The van der Waals surface area contributed by atoms with Gasteiger partial charge in [-0.15, -0.1) is 0 Å². The molecule has 52 heavy (non-hydrogen) atoms. The van der Waals surface area contributed by atoms with Crippen molar-refractivity contribution in [2.24, 2.45) is 22.7 Å². The number of carbonyl (C=O) groups is 4. The van der Waals surface area contributed by atoms with Crippen LogP contribution in [0.2, 0.25) is 0 Å². The van der Waals surface area contributed by atoms with E-state index in [1.54, 1.807) is 19.4 Å². The minimum absolute atomic E-state index is 0.0493. The SMILES string of the molecule is CC[C@@H]1C[C@]1(CC(=O)[C@@H]1C[C@@H](Oc2nccc3cc(OC)ccc23)CN1C(=O)[C@@H](CC(=O)OC1CCCC1)C(C)(C)C)C(=O)NS(=O)(=O)OC1CC1. The standard InChI is InChI=1S/C38H51N3O10S/c1-6-24-20-38(24,36(45)40-52(46,47)51-26-11-12-26)21-32(42)31-18-28(50-34-29-14-13-27(48-5)17-23(29)15-16-39-34)22-41(31)35(44)30(37(2,3)4)19-33(43)49-25-9-7-8-10-25/h13-17,24-26,28,30-31H,6-12,18-22H2,1-5H3,(H,40,45)/t24-,28-,30-,31+,38-/m1/s1. The Labute approximate surface area is 305 Å². The topological polar surface area (TPSA) is 168 Å². The second-order valence-corrected chi connectivity index (χ2v) is 17.3. The number of nitrogens with one attached hydrogen (secondary N) is 1. The van der Waals surface area contributed by atoms with Crippen molar-refractivity contribution < 1.29 is 46.0 Å². The summed E-state index contributed by atoms with van der Waals surface area (Å²) in [5, 5.41) is 1.57. The summed E-state index contributed by atoms with van der Waals surface area (Å²) in [6, 6.07) is 6.35. The Balaban J connectivity index is 1.26. The maximum absolute atomic E-state index is 14.6. The third kappa shape index (κ3) is 8.54. The predicted octanol–water partition coefficient (Wildman–Crippen LogP) is 5.05. The molecule has 6 rings (SSSR count). The highest BCUT2D eigenvalue weighted by Gasteiger charge is 2.61. The van der Waals surface area contributed by atoms with Crippen LogP contribution in [0.5, 0.6) is 11.6 Å². The van der Waals surface area contributed by atoms with Gasteiger partial charge in [0.2, 0.25) is 17.7 Å². The summed E-state index contributed by atoms with van der Waals surface area (Å²) in [6.07, 6.45) is 5.81. The number of pyridine rings is 1. The Morgan fingerprint density at radius 2 is 1.77 bits per heavy atom. The van der Waals surface area contributed by atoms with Crippen molar-refractivity contribution >= 4 is 44.6 Å². The van der Waals surface area contributed by atoms with Crippen LogP contribution in [0.3, 0.4) is 0 Å². The summed E-state index contributed by atoms with van der Waals surface area (Å²) >= 11 is 0. The molecule has 3 saturated carbocycles. The highest BCUT2D eigenvalue weighted by Crippen LogP contribution is 2.58. The number of aromatic nitrogens is 1. The smallest absolute Gasteiger partial charge is 0.362 e. The first-order valence-electron chi connectivity index (χ1n) is 18.5. The molecule has 1 saturated heterocycles. The zero-order valence-electron chi connectivity index (χ0n) is 30.7. The molecule has 1 aliphatic heterocycles. The first-order valence-corrected chi connectivity index (χ1v) is 19.9. The molecular weight excluding hydrogens is 690 g/mol. The number of ketones is 1. The largest absolute Gasteiger partial charge is 0.497 e. The number of Topliss-reactive ketones (excluding diaryl/α,β-unsaturated/α-hetero) is 1. The molecule has 284 valence electrons. The van der Waals surface area contributed by atoms with Crippen molar-refractivity contribution in [3.63, 3.8) is 0 Å². The Hall–Kier alpha value is -3.78. The van der Waals surface area contributed by atoms with Crippen molar-refractivity contribution in [1.29, 1.82) is 0 Å². The normalized spacial score (nSPS) is 25.5. The number of likely N-dealkylation sites (tertiary alicyclic amines) is 1. The van der Waals surface area contributed by atoms with Crippen LogP contribution in [0.1, 0.15) is 98.3 Å². The molecule has 1 aromatic heterocycles. The van der Waals surface area contributed by atoms with Gasteiger partial charge in [-0.25, -0.2) is 9.71 Å². The molecule has 1 N–H and O–H groups in total. The average Bonchev–Trinajstić information content (AvgIpc) is 3.92. The van der Waals surface area contributed by atoms with Crippen molar-refractivity contribution in [1.82, 2.24) is 14.6 Å². The number of nitrogens with zero attached hydrogens (tertiary/aromatic N) is 2. The lowest BCUT2D eigenvalue weighted by Gasteiger charge is -2.35. The summed E-state index contributed by atoms with van der Waals surface area (Å²) in [5.41, 5.74) is -1.90. The molecular formula is C38H51N3O10S. The van der Waals surface area contributed by atoms with Crippen LogP contribution in [0.4, 0.5) is 0 Å². The monoisotopic (exact) mass is 741 g/mol. The molecule has 5 atom stereocenters. The number of carbonyl (C=O) groups excluding carboxylic acids is 4. The fourth-order valence-corrected chi connectivity index (χ4v) is 8.84. The van der Waals surface area contributed by atoms with Crippen molar-refractivity contribution in [3.8, 4) is 11.6 Å². The van der Waals surface area contributed by atoms with Crippen LogP contribution in [0.15, 0.2) is 30.5 Å². The van der Waals surface area contributed by atoms with Gasteiger partial charge in [0.05, 0.1) is 43.6 Å². The maximum atomic E-state index is 14.6. The number of ether oxygens (including phenoxy) is 3. The molecule has 0 radical (unpaired) electrons. The van der Waals surface area contributed by atoms with E-state index in [0.717, 1.165) is 36.5 Å². The Morgan fingerprint density at radius 1 is 1.04 bits per heavy atom. The fraction of sp³-hybridized carbons (Fsp3) is 0.658. The van der Waals surface area contributed by atoms with E-state index in [9.17, 15) is 27.6 Å². The first-order chi connectivity index (χ1) is 24.6. The summed E-state index contributed by atoms with van der Waals surface area (Å²) in [6.45, 7) is 7.58. The van der Waals surface area contributed by atoms with E-state index in [4.69, 9.17) is 18.4 Å². The number of benzene rings is 1. The molecule has 3 aliphatic carbocycles. The molecule has 14 heteroatoms. The van der Waals surface area contributed by atoms with E-state index in [-0.39, 0.29) is 49.5 Å². The van der Waals surface area contributed by atoms with Crippen molar-refractivity contribution in [2.45, 2.75) is 123 Å². The number of rotatable bonds is 15. The molecule has 2 aromatic rings. The van der Waals surface area contributed by atoms with Gasteiger partial charge in [0.1, 0.15) is 18.0 Å². The molecule has 13 nitrogen and oxygen atoms in total. The Kier molecular flexibility index (Phi) is 10.9. The lowest BCUT2D eigenvalue weighted by molar-refractivity contribution is -0.156. The van der Waals surface area contributed by atoms with Gasteiger partial charge in [-0.2, -0.15) is 8.42 Å². The fourth-order valence-electron chi connectivity index (χ4n) is 7.81. The van der Waals surface area contributed by atoms with E-state index in [0.29, 0.717) is 37.3 Å².